The Hall–Kier alpha value is -2.11. The lowest BCUT2D eigenvalue weighted by Crippen LogP contribution is -2.41. The van der Waals surface area contributed by atoms with Crippen molar-refractivity contribution in [2.24, 2.45) is 0 Å². The second-order valence-electron chi connectivity index (χ2n) is 6.98. The van der Waals surface area contributed by atoms with Crippen LogP contribution in [0.15, 0.2) is 12.1 Å². The molecule has 1 amide bonds. The lowest BCUT2D eigenvalue weighted by Gasteiger charge is -2.16. The van der Waals surface area contributed by atoms with Crippen LogP contribution >= 0.6 is 0 Å². The van der Waals surface area contributed by atoms with E-state index in [2.05, 4.69) is 10.3 Å². The molecule has 0 fully saturated rings. The van der Waals surface area contributed by atoms with Gasteiger partial charge in [-0.05, 0) is 25.0 Å². The molecule has 0 saturated carbocycles. The van der Waals surface area contributed by atoms with Crippen molar-refractivity contribution in [3.63, 3.8) is 0 Å². The molecule has 0 aliphatic carbocycles. The third kappa shape index (κ3) is 6.32. The molecule has 2 heterocycles. The number of fused-ring (bicyclic) bond motifs is 2. The number of aromatic nitrogens is 1. The number of H-pyrrole nitrogens is 1. The van der Waals surface area contributed by atoms with Crippen LogP contribution in [0.5, 0.6) is 0 Å². The van der Waals surface area contributed by atoms with Gasteiger partial charge in [-0.1, -0.05) is 51.4 Å². The van der Waals surface area contributed by atoms with Gasteiger partial charge < -0.3 is 15.0 Å². The molecule has 1 aromatic heterocycles. The maximum absolute atomic E-state index is 12.4. The highest BCUT2D eigenvalue weighted by Crippen LogP contribution is 2.15. The normalized spacial score (nSPS) is 21.3. The minimum absolute atomic E-state index is 0.0229. The van der Waals surface area contributed by atoms with E-state index in [1.165, 1.54) is 26.4 Å². The molecule has 6 nitrogen and oxygen atoms in total. The van der Waals surface area contributed by atoms with Gasteiger partial charge in [-0.15, -0.1) is 0 Å². The minimum Gasteiger partial charge on any atom is -0.467 e. The van der Waals surface area contributed by atoms with Gasteiger partial charge in [0.15, 0.2) is 5.78 Å². The summed E-state index contributed by atoms with van der Waals surface area (Å²) in [6, 6.07) is 2.57. The molecule has 2 bridgehead atoms. The second kappa shape index (κ2) is 10.8. The SMILES string of the molecule is COC(=O)C1CCCCCCCCCCCC(=O)c2ccc([nH]2)C(=O)N1. The quantitative estimate of drug-likeness (QED) is 0.744. The molecular weight excluding hydrogens is 332 g/mol. The third-order valence-electron chi connectivity index (χ3n) is 4.92. The van der Waals surface area contributed by atoms with Crippen molar-refractivity contribution in [3.05, 3.63) is 23.5 Å². The Bertz CT molecular complexity index is 609. The summed E-state index contributed by atoms with van der Waals surface area (Å²) in [6.07, 6.45) is 10.8. The molecule has 1 unspecified atom stereocenters. The van der Waals surface area contributed by atoms with E-state index in [1.54, 1.807) is 12.1 Å². The Morgan fingerprint density at radius 3 is 2.15 bits per heavy atom. The first-order valence-electron chi connectivity index (χ1n) is 9.72. The molecule has 26 heavy (non-hydrogen) atoms. The smallest absolute Gasteiger partial charge is 0.328 e. The maximum atomic E-state index is 12.4. The number of amides is 1. The van der Waals surface area contributed by atoms with Gasteiger partial charge in [0, 0.05) is 6.42 Å². The van der Waals surface area contributed by atoms with Crippen LogP contribution in [-0.2, 0) is 9.53 Å². The van der Waals surface area contributed by atoms with E-state index in [0.29, 0.717) is 24.2 Å². The first-order chi connectivity index (χ1) is 12.6. The van der Waals surface area contributed by atoms with Crippen LogP contribution in [0.2, 0.25) is 0 Å². The van der Waals surface area contributed by atoms with Gasteiger partial charge in [0.2, 0.25) is 0 Å². The van der Waals surface area contributed by atoms with E-state index in [9.17, 15) is 14.4 Å². The molecule has 1 aromatic rings. The average molecular weight is 362 g/mol. The lowest BCUT2D eigenvalue weighted by atomic mass is 10.0. The monoisotopic (exact) mass is 362 g/mol. The van der Waals surface area contributed by atoms with Crippen LogP contribution in [0, 0.1) is 0 Å². The van der Waals surface area contributed by atoms with Crippen LogP contribution in [0.1, 0.15) is 91.6 Å². The molecule has 6 heteroatoms. The summed E-state index contributed by atoms with van der Waals surface area (Å²) in [4.78, 5) is 39.5. The van der Waals surface area contributed by atoms with Gasteiger partial charge in [0.25, 0.3) is 5.91 Å². The number of carbonyl (C=O) groups excluding carboxylic acids is 3. The van der Waals surface area contributed by atoms with Crippen LogP contribution in [0.25, 0.3) is 0 Å². The van der Waals surface area contributed by atoms with Crippen molar-refractivity contribution in [2.45, 2.75) is 76.7 Å². The van der Waals surface area contributed by atoms with E-state index >= 15 is 0 Å². The molecule has 2 N–H and O–H groups in total. The molecule has 0 saturated heterocycles. The third-order valence-corrected chi connectivity index (χ3v) is 4.92. The maximum Gasteiger partial charge on any atom is 0.328 e. The Morgan fingerprint density at radius 2 is 1.50 bits per heavy atom. The largest absolute Gasteiger partial charge is 0.467 e. The van der Waals surface area contributed by atoms with Gasteiger partial charge in [0.05, 0.1) is 12.8 Å². The Kier molecular flexibility index (Phi) is 8.38. The average Bonchev–Trinajstić information content (AvgIpc) is 3.13. The summed E-state index contributed by atoms with van der Waals surface area (Å²) in [7, 11) is 1.32. The number of methoxy groups -OCH3 is 1. The molecule has 1 atom stereocenters. The molecule has 144 valence electrons. The Morgan fingerprint density at radius 1 is 0.923 bits per heavy atom. The lowest BCUT2D eigenvalue weighted by molar-refractivity contribution is -0.143. The summed E-state index contributed by atoms with van der Waals surface area (Å²) in [5.74, 6) is -0.800. The zero-order valence-corrected chi connectivity index (χ0v) is 15.6. The summed E-state index contributed by atoms with van der Waals surface area (Å²) < 4.78 is 4.81. The van der Waals surface area contributed by atoms with E-state index < -0.39 is 12.0 Å². The van der Waals surface area contributed by atoms with Crippen molar-refractivity contribution in [1.29, 1.82) is 0 Å². The van der Waals surface area contributed by atoms with Crippen molar-refractivity contribution < 1.29 is 19.1 Å². The van der Waals surface area contributed by atoms with E-state index in [0.717, 1.165) is 38.5 Å². The highest BCUT2D eigenvalue weighted by molar-refractivity contribution is 5.99. The predicted molar refractivity (Wildman–Crippen MR) is 99.2 cm³/mol. The predicted octanol–water partition coefficient (Wildman–Crippen LogP) is 3.77. The zero-order chi connectivity index (χ0) is 18.8. The zero-order valence-electron chi connectivity index (χ0n) is 15.6. The molecular formula is C20H30N2O4. The molecule has 1 aliphatic rings. The number of ketones is 1. The Balaban J connectivity index is 2.06. The number of Topliss-reactive ketones (excluding diaryl/α,β-unsaturated/α-hetero) is 1. The number of hydrogen-bond donors (Lipinski definition) is 2. The Labute approximate surface area is 155 Å². The standard InChI is InChI=1S/C20H30N2O4/c1-26-20(25)17-11-9-7-5-3-2-4-6-8-10-12-18(23)15-13-14-16(21-15)19(24)22-17/h13-14,17,21H,2-12H2,1H3,(H,22,24). The summed E-state index contributed by atoms with van der Waals surface area (Å²) in [6.45, 7) is 0. The van der Waals surface area contributed by atoms with Crippen molar-refractivity contribution >= 4 is 17.7 Å². The summed E-state index contributed by atoms with van der Waals surface area (Å²) in [5, 5.41) is 2.73. The van der Waals surface area contributed by atoms with Gasteiger partial charge >= 0.3 is 5.97 Å². The summed E-state index contributed by atoms with van der Waals surface area (Å²) in [5.41, 5.74) is 0.745. The highest BCUT2D eigenvalue weighted by Gasteiger charge is 2.23. The number of nitrogens with one attached hydrogen (secondary N) is 2. The van der Waals surface area contributed by atoms with Gasteiger partial charge in [0.1, 0.15) is 11.7 Å². The van der Waals surface area contributed by atoms with Crippen molar-refractivity contribution in [3.8, 4) is 0 Å². The van der Waals surface area contributed by atoms with Crippen molar-refractivity contribution in [2.75, 3.05) is 7.11 Å². The number of rotatable bonds is 1. The number of hydrogen-bond acceptors (Lipinski definition) is 4. The fourth-order valence-corrected chi connectivity index (χ4v) is 3.32. The van der Waals surface area contributed by atoms with Crippen LogP contribution in [-0.4, -0.2) is 35.8 Å². The van der Waals surface area contributed by atoms with E-state index in [-0.39, 0.29) is 11.7 Å². The van der Waals surface area contributed by atoms with Gasteiger partial charge in [-0.25, -0.2) is 4.79 Å². The first-order valence-corrected chi connectivity index (χ1v) is 9.72. The number of aromatic amines is 1. The second-order valence-corrected chi connectivity index (χ2v) is 6.98. The topological polar surface area (TPSA) is 88.3 Å². The highest BCUT2D eigenvalue weighted by atomic mass is 16.5. The van der Waals surface area contributed by atoms with E-state index in [1.807, 2.05) is 0 Å². The molecule has 2 rings (SSSR count). The van der Waals surface area contributed by atoms with Crippen LogP contribution in [0.3, 0.4) is 0 Å². The van der Waals surface area contributed by atoms with E-state index in [4.69, 9.17) is 4.74 Å². The first kappa shape index (κ1) is 20.2. The molecule has 1 aliphatic heterocycles. The fourth-order valence-electron chi connectivity index (χ4n) is 3.32. The van der Waals surface area contributed by atoms with Crippen molar-refractivity contribution in [1.82, 2.24) is 10.3 Å². The fraction of sp³-hybridized carbons (Fsp3) is 0.650. The van der Waals surface area contributed by atoms with Crippen LogP contribution < -0.4 is 5.32 Å². The summed E-state index contributed by atoms with van der Waals surface area (Å²) >= 11 is 0. The van der Waals surface area contributed by atoms with Crippen LogP contribution in [0.4, 0.5) is 0 Å². The number of esters is 1. The number of ether oxygens (including phenoxy) is 1. The van der Waals surface area contributed by atoms with Gasteiger partial charge in [-0.3, -0.25) is 9.59 Å². The number of carbonyl (C=O) groups is 3. The molecule has 0 spiro atoms. The molecule has 0 radical (unpaired) electrons. The van der Waals surface area contributed by atoms with Gasteiger partial charge in [-0.2, -0.15) is 0 Å². The minimum atomic E-state index is -0.658. The molecule has 0 aromatic carbocycles.